The highest BCUT2D eigenvalue weighted by Gasteiger charge is 2.34. The Labute approximate surface area is 130 Å². The second-order valence-corrected chi connectivity index (χ2v) is 5.75. The van der Waals surface area contributed by atoms with Crippen LogP contribution in [0.1, 0.15) is 26.7 Å². The Hall–Kier alpha value is -1.02. The highest BCUT2D eigenvalue weighted by molar-refractivity contribution is 5.79. The van der Waals surface area contributed by atoms with E-state index in [1.807, 2.05) is 13.8 Å². The van der Waals surface area contributed by atoms with Crippen LogP contribution in [-0.2, 0) is 4.74 Å². The van der Waals surface area contributed by atoms with Crippen LogP contribution in [-0.4, -0.2) is 69.0 Å². The standard InChI is InChI=1S/C14H27F3N4O/c1-11(2)22-8-4-6-19-13(18-3)20-12-5-7-21(9-12)10-14(15,16)17/h11-12H,4-10H2,1-3H3,(H2,18,19,20). The number of rotatable bonds is 7. The maximum absolute atomic E-state index is 12.3. The van der Waals surface area contributed by atoms with Gasteiger partial charge in [0.05, 0.1) is 12.6 Å². The monoisotopic (exact) mass is 324 g/mol. The Morgan fingerprint density at radius 2 is 2.14 bits per heavy atom. The summed E-state index contributed by atoms with van der Waals surface area (Å²) in [7, 11) is 1.66. The van der Waals surface area contributed by atoms with Crippen molar-refractivity contribution >= 4 is 5.96 Å². The van der Waals surface area contributed by atoms with Crippen LogP contribution in [0.2, 0.25) is 0 Å². The highest BCUT2D eigenvalue weighted by Crippen LogP contribution is 2.19. The lowest BCUT2D eigenvalue weighted by molar-refractivity contribution is -0.143. The van der Waals surface area contributed by atoms with Gasteiger partial charge in [-0.05, 0) is 26.7 Å². The largest absolute Gasteiger partial charge is 0.401 e. The van der Waals surface area contributed by atoms with E-state index in [9.17, 15) is 13.2 Å². The van der Waals surface area contributed by atoms with Crippen LogP contribution >= 0.6 is 0 Å². The molecule has 1 aliphatic heterocycles. The van der Waals surface area contributed by atoms with Gasteiger partial charge in [0.2, 0.25) is 0 Å². The highest BCUT2D eigenvalue weighted by atomic mass is 19.4. The van der Waals surface area contributed by atoms with Gasteiger partial charge in [0, 0.05) is 39.3 Å². The van der Waals surface area contributed by atoms with Gasteiger partial charge >= 0.3 is 6.18 Å². The number of guanidine groups is 1. The topological polar surface area (TPSA) is 48.9 Å². The van der Waals surface area contributed by atoms with E-state index in [1.165, 1.54) is 4.90 Å². The molecule has 5 nitrogen and oxygen atoms in total. The molecule has 1 unspecified atom stereocenters. The summed E-state index contributed by atoms with van der Waals surface area (Å²) < 4.78 is 42.5. The van der Waals surface area contributed by atoms with E-state index < -0.39 is 12.7 Å². The molecule has 0 aromatic rings. The van der Waals surface area contributed by atoms with E-state index in [2.05, 4.69) is 15.6 Å². The zero-order valence-corrected chi connectivity index (χ0v) is 13.5. The Morgan fingerprint density at radius 3 is 2.73 bits per heavy atom. The first-order chi connectivity index (χ1) is 10.3. The number of likely N-dealkylation sites (tertiary alicyclic amines) is 1. The second-order valence-electron chi connectivity index (χ2n) is 5.75. The summed E-state index contributed by atoms with van der Waals surface area (Å²) >= 11 is 0. The van der Waals surface area contributed by atoms with Gasteiger partial charge in [0.25, 0.3) is 0 Å². The van der Waals surface area contributed by atoms with Crippen molar-refractivity contribution in [2.24, 2.45) is 4.99 Å². The van der Waals surface area contributed by atoms with Crippen molar-refractivity contribution < 1.29 is 17.9 Å². The molecule has 0 amide bonds. The fourth-order valence-electron chi connectivity index (χ4n) is 2.33. The molecule has 2 N–H and O–H groups in total. The van der Waals surface area contributed by atoms with Gasteiger partial charge in [-0.3, -0.25) is 9.89 Å². The van der Waals surface area contributed by atoms with Crippen molar-refractivity contribution in [3.63, 3.8) is 0 Å². The van der Waals surface area contributed by atoms with Crippen LogP contribution in [0, 0.1) is 0 Å². The van der Waals surface area contributed by atoms with Gasteiger partial charge in [-0.1, -0.05) is 0 Å². The number of nitrogens with one attached hydrogen (secondary N) is 2. The first kappa shape index (κ1) is 19.0. The maximum atomic E-state index is 12.3. The maximum Gasteiger partial charge on any atom is 0.401 e. The molecule has 1 saturated heterocycles. The molecule has 1 heterocycles. The lowest BCUT2D eigenvalue weighted by Gasteiger charge is -2.19. The van der Waals surface area contributed by atoms with Gasteiger partial charge < -0.3 is 15.4 Å². The van der Waals surface area contributed by atoms with E-state index >= 15 is 0 Å². The number of hydrogen-bond donors (Lipinski definition) is 2. The van der Waals surface area contributed by atoms with Crippen LogP contribution < -0.4 is 10.6 Å². The lowest BCUT2D eigenvalue weighted by Crippen LogP contribution is -2.45. The summed E-state index contributed by atoms with van der Waals surface area (Å²) in [5.41, 5.74) is 0. The Kier molecular flexibility index (Phi) is 7.95. The van der Waals surface area contributed by atoms with Crippen LogP contribution in [0.3, 0.4) is 0 Å². The summed E-state index contributed by atoms with van der Waals surface area (Å²) in [6.45, 7) is 5.36. The van der Waals surface area contributed by atoms with E-state index in [-0.39, 0.29) is 12.1 Å². The number of alkyl halides is 3. The zero-order valence-electron chi connectivity index (χ0n) is 13.5. The molecule has 0 radical (unpaired) electrons. The van der Waals surface area contributed by atoms with Crippen molar-refractivity contribution in [1.29, 1.82) is 0 Å². The smallest absolute Gasteiger partial charge is 0.379 e. The molecule has 1 fully saturated rings. The molecule has 0 aliphatic carbocycles. The predicted molar refractivity (Wildman–Crippen MR) is 81.1 cm³/mol. The van der Waals surface area contributed by atoms with Crippen molar-refractivity contribution in [3.8, 4) is 0 Å². The molecular formula is C14H27F3N4O. The fraction of sp³-hybridized carbons (Fsp3) is 0.929. The number of halogens is 3. The average molecular weight is 324 g/mol. The Morgan fingerprint density at radius 1 is 1.41 bits per heavy atom. The first-order valence-corrected chi connectivity index (χ1v) is 7.68. The third kappa shape index (κ3) is 8.43. The number of aliphatic imine (C=N–C) groups is 1. The van der Waals surface area contributed by atoms with E-state index in [4.69, 9.17) is 4.74 Å². The number of hydrogen-bond acceptors (Lipinski definition) is 3. The molecule has 22 heavy (non-hydrogen) atoms. The summed E-state index contributed by atoms with van der Waals surface area (Å²) in [5.74, 6) is 0.628. The molecule has 8 heteroatoms. The van der Waals surface area contributed by atoms with Gasteiger partial charge in [-0.2, -0.15) is 13.2 Å². The van der Waals surface area contributed by atoms with Crippen LogP contribution in [0.15, 0.2) is 4.99 Å². The molecule has 130 valence electrons. The Bertz CT molecular complexity index is 347. The van der Waals surface area contributed by atoms with Crippen molar-refractivity contribution in [2.75, 3.05) is 39.8 Å². The van der Waals surface area contributed by atoms with Crippen LogP contribution in [0.5, 0.6) is 0 Å². The molecule has 1 atom stereocenters. The van der Waals surface area contributed by atoms with Gasteiger partial charge in [0.1, 0.15) is 0 Å². The SMILES string of the molecule is CN=C(NCCCOC(C)C)NC1CCN(CC(F)(F)F)C1. The summed E-state index contributed by atoms with van der Waals surface area (Å²) in [5, 5.41) is 6.32. The molecule has 0 aromatic carbocycles. The predicted octanol–water partition coefficient (Wildman–Crippen LogP) is 1.60. The Balaban J connectivity index is 2.21. The minimum Gasteiger partial charge on any atom is -0.379 e. The first-order valence-electron chi connectivity index (χ1n) is 7.68. The molecule has 0 bridgehead atoms. The second kappa shape index (κ2) is 9.19. The molecule has 1 aliphatic rings. The molecule has 1 rings (SSSR count). The third-order valence-electron chi connectivity index (χ3n) is 3.30. The lowest BCUT2D eigenvalue weighted by atomic mass is 10.3. The molecule has 0 spiro atoms. The zero-order chi connectivity index (χ0) is 16.6. The minimum absolute atomic E-state index is 0.000430. The normalized spacial score (nSPS) is 20.7. The molecule has 0 aromatic heterocycles. The summed E-state index contributed by atoms with van der Waals surface area (Å²) in [4.78, 5) is 5.51. The van der Waals surface area contributed by atoms with Gasteiger partial charge in [0.15, 0.2) is 5.96 Å². The van der Waals surface area contributed by atoms with E-state index in [0.29, 0.717) is 38.6 Å². The van der Waals surface area contributed by atoms with Crippen LogP contribution in [0.25, 0.3) is 0 Å². The van der Waals surface area contributed by atoms with Gasteiger partial charge in [-0.25, -0.2) is 0 Å². The summed E-state index contributed by atoms with van der Waals surface area (Å²) in [6, 6.07) is 0.000430. The third-order valence-corrected chi connectivity index (χ3v) is 3.30. The fourth-order valence-corrected chi connectivity index (χ4v) is 2.33. The van der Waals surface area contributed by atoms with Crippen LogP contribution in [0.4, 0.5) is 13.2 Å². The van der Waals surface area contributed by atoms with Crippen molar-refractivity contribution in [2.45, 2.75) is 45.0 Å². The quantitative estimate of drug-likeness (QED) is 0.424. The average Bonchev–Trinajstić information content (AvgIpc) is 2.81. The van der Waals surface area contributed by atoms with E-state index in [0.717, 1.165) is 6.42 Å². The van der Waals surface area contributed by atoms with Crippen molar-refractivity contribution in [3.05, 3.63) is 0 Å². The number of ether oxygens (including phenoxy) is 1. The van der Waals surface area contributed by atoms with Crippen molar-refractivity contribution in [1.82, 2.24) is 15.5 Å². The molecular weight excluding hydrogens is 297 g/mol. The number of nitrogens with zero attached hydrogens (tertiary/aromatic N) is 2. The minimum atomic E-state index is -4.13. The summed E-state index contributed by atoms with van der Waals surface area (Å²) in [6.07, 6.45) is -2.38. The van der Waals surface area contributed by atoms with E-state index in [1.54, 1.807) is 7.05 Å². The molecule has 0 saturated carbocycles. The van der Waals surface area contributed by atoms with Gasteiger partial charge in [-0.15, -0.1) is 0 Å².